The van der Waals surface area contributed by atoms with Gasteiger partial charge in [-0.2, -0.15) is 0 Å². The Morgan fingerprint density at radius 1 is 0.909 bits per heavy atom. The van der Waals surface area contributed by atoms with E-state index in [4.69, 9.17) is 18.9 Å². The third kappa shape index (κ3) is 11.9. The van der Waals surface area contributed by atoms with Gasteiger partial charge in [0.15, 0.2) is 0 Å². The predicted molar refractivity (Wildman–Crippen MR) is 170 cm³/mol. The largest absolute Gasteiger partial charge is 0.426 e. The third-order valence-electron chi connectivity index (χ3n) is 8.43. The number of Topliss-reactive ketones (excluding diaryl/α,β-unsaturated/α-hetero) is 1. The summed E-state index contributed by atoms with van der Waals surface area (Å²) in [6.45, 7) is 6.90. The highest BCUT2D eigenvalue weighted by molar-refractivity contribution is 5.79. The van der Waals surface area contributed by atoms with Crippen molar-refractivity contribution in [3.63, 3.8) is 0 Å². The van der Waals surface area contributed by atoms with Gasteiger partial charge in [-0.15, -0.1) is 0 Å². The van der Waals surface area contributed by atoms with Crippen LogP contribution in [0.1, 0.15) is 84.1 Å². The molecule has 0 spiro atoms. The van der Waals surface area contributed by atoms with Crippen LogP contribution in [0.5, 0.6) is 5.75 Å². The van der Waals surface area contributed by atoms with E-state index in [0.29, 0.717) is 44.0 Å². The van der Waals surface area contributed by atoms with Crippen LogP contribution in [0, 0.1) is 11.8 Å². The summed E-state index contributed by atoms with van der Waals surface area (Å²) >= 11 is 0. The Hall–Kier alpha value is -2.84. The molecule has 7 heteroatoms. The molecule has 4 rings (SSSR count). The standard InChI is InChI=1S/C37H50O7/c1-26(2)11-10-14-29(38)19-32-18-17-27(3)36(43-32)21-30(39)20-34-22-33(41-25-28-12-6-4-7-13-28)23-35(42-34)24-37(40)44-31-15-8-5-9-16-31/h4-10,12-16,26-27,29,32-36,38H,11,17-25H2,1-3H3/b14-10+/t27-,29-,32-,33-,34+,35+,36+/m0/s1. The van der Waals surface area contributed by atoms with Gasteiger partial charge in [-0.25, -0.2) is 0 Å². The number of allylic oxidation sites excluding steroid dienone is 1. The third-order valence-corrected chi connectivity index (χ3v) is 8.43. The number of para-hydroxylation sites is 1. The SMILES string of the molecule is CC(C)C/C=C/[C@H](O)C[C@@H]1CC[C@H](C)[C@@H](CC(=O)C[C@@H]2C[C@H](OCc3ccccc3)C[C@H](CC(=O)Oc3ccccc3)O2)O1. The smallest absolute Gasteiger partial charge is 0.313 e. The van der Waals surface area contributed by atoms with Crippen molar-refractivity contribution >= 4 is 11.8 Å². The molecule has 0 radical (unpaired) electrons. The molecule has 0 amide bonds. The molecule has 44 heavy (non-hydrogen) atoms. The highest BCUT2D eigenvalue weighted by Gasteiger charge is 2.35. The lowest BCUT2D eigenvalue weighted by Crippen LogP contribution is -2.41. The molecule has 2 aliphatic rings. The average Bonchev–Trinajstić information content (AvgIpc) is 2.98. The maximum absolute atomic E-state index is 13.4. The van der Waals surface area contributed by atoms with E-state index < -0.39 is 12.2 Å². The van der Waals surface area contributed by atoms with Crippen LogP contribution in [-0.2, 0) is 30.4 Å². The highest BCUT2D eigenvalue weighted by Crippen LogP contribution is 2.32. The number of carbonyl (C=O) groups excluding carboxylic acids is 2. The van der Waals surface area contributed by atoms with Crippen LogP contribution in [0.2, 0.25) is 0 Å². The van der Waals surface area contributed by atoms with Crippen LogP contribution in [0.15, 0.2) is 72.8 Å². The van der Waals surface area contributed by atoms with Crippen molar-refractivity contribution in [1.29, 1.82) is 0 Å². The molecular formula is C37H50O7. The van der Waals surface area contributed by atoms with Crippen molar-refractivity contribution in [1.82, 2.24) is 0 Å². The average molecular weight is 607 g/mol. The number of aliphatic hydroxyl groups is 1. The first-order chi connectivity index (χ1) is 21.2. The minimum atomic E-state index is -0.544. The molecule has 2 saturated heterocycles. The molecule has 2 aliphatic heterocycles. The summed E-state index contributed by atoms with van der Waals surface area (Å²) in [5.41, 5.74) is 1.07. The van der Waals surface area contributed by atoms with Crippen molar-refractivity contribution < 1.29 is 33.6 Å². The topological polar surface area (TPSA) is 91.3 Å². The Morgan fingerprint density at radius 3 is 2.30 bits per heavy atom. The van der Waals surface area contributed by atoms with Crippen LogP contribution >= 0.6 is 0 Å². The summed E-state index contributed by atoms with van der Waals surface area (Å²) in [6, 6.07) is 19.0. The van der Waals surface area contributed by atoms with E-state index in [1.165, 1.54) is 0 Å². The Labute approximate surface area is 262 Å². The second-order valence-corrected chi connectivity index (χ2v) is 12.9. The van der Waals surface area contributed by atoms with Gasteiger partial charge in [-0.1, -0.05) is 81.5 Å². The molecule has 2 fully saturated rings. The Morgan fingerprint density at radius 2 is 1.59 bits per heavy atom. The van der Waals surface area contributed by atoms with Crippen molar-refractivity contribution in [2.75, 3.05) is 0 Å². The summed E-state index contributed by atoms with van der Waals surface area (Å²) in [6.07, 6.45) is 7.32. The fraction of sp³-hybridized carbons (Fsp3) is 0.568. The van der Waals surface area contributed by atoms with E-state index in [-0.39, 0.29) is 54.9 Å². The van der Waals surface area contributed by atoms with Crippen LogP contribution in [0.25, 0.3) is 0 Å². The lowest BCUT2D eigenvalue weighted by Gasteiger charge is -2.37. The second kappa shape index (κ2) is 17.6. The summed E-state index contributed by atoms with van der Waals surface area (Å²) in [7, 11) is 0. The van der Waals surface area contributed by atoms with E-state index in [1.807, 2.05) is 60.7 Å². The fourth-order valence-electron chi connectivity index (χ4n) is 6.02. The monoisotopic (exact) mass is 606 g/mol. The molecule has 0 bridgehead atoms. The molecule has 7 atom stereocenters. The number of ether oxygens (including phenoxy) is 4. The highest BCUT2D eigenvalue weighted by atomic mass is 16.5. The summed E-state index contributed by atoms with van der Waals surface area (Å²) < 4.78 is 24.4. The van der Waals surface area contributed by atoms with Crippen molar-refractivity contribution in [2.24, 2.45) is 11.8 Å². The number of benzene rings is 2. The van der Waals surface area contributed by atoms with Gasteiger partial charge in [0.1, 0.15) is 11.5 Å². The first-order valence-electron chi connectivity index (χ1n) is 16.3. The minimum Gasteiger partial charge on any atom is -0.426 e. The lowest BCUT2D eigenvalue weighted by atomic mass is 9.87. The number of rotatable bonds is 15. The zero-order valence-corrected chi connectivity index (χ0v) is 26.5. The zero-order chi connectivity index (χ0) is 31.3. The second-order valence-electron chi connectivity index (χ2n) is 12.9. The Bertz CT molecular complexity index is 1160. The van der Waals surface area contributed by atoms with Gasteiger partial charge in [0.2, 0.25) is 0 Å². The normalized spacial score (nSPS) is 26.5. The molecule has 240 valence electrons. The zero-order valence-electron chi connectivity index (χ0n) is 26.5. The predicted octanol–water partition coefficient (Wildman–Crippen LogP) is 7.00. The lowest BCUT2D eigenvalue weighted by molar-refractivity contribution is -0.152. The van der Waals surface area contributed by atoms with Gasteiger partial charge >= 0.3 is 5.97 Å². The van der Waals surface area contributed by atoms with E-state index >= 15 is 0 Å². The van der Waals surface area contributed by atoms with Crippen LogP contribution in [0.4, 0.5) is 0 Å². The van der Waals surface area contributed by atoms with Crippen LogP contribution in [-0.4, -0.2) is 53.5 Å². The molecule has 7 nitrogen and oxygen atoms in total. The van der Waals surface area contributed by atoms with Crippen LogP contribution < -0.4 is 4.74 Å². The van der Waals surface area contributed by atoms with Gasteiger partial charge in [-0.3, -0.25) is 9.59 Å². The van der Waals surface area contributed by atoms with E-state index in [0.717, 1.165) is 24.8 Å². The molecule has 0 saturated carbocycles. The molecule has 2 aromatic rings. The van der Waals surface area contributed by atoms with Crippen molar-refractivity contribution in [3.05, 3.63) is 78.4 Å². The Balaban J connectivity index is 1.31. The van der Waals surface area contributed by atoms with E-state index in [2.05, 4.69) is 20.8 Å². The van der Waals surface area contributed by atoms with E-state index in [9.17, 15) is 14.7 Å². The molecule has 0 aliphatic carbocycles. The number of aliphatic hydroxyl groups excluding tert-OH is 1. The van der Waals surface area contributed by atoms with Gasteiger partial charge in [0.05, 0.1) is 49.7 Å². The molecule has 0 aromatic heterocycles. The van der Waals surface area contributed by atoms with Gasteiger partial charge in [0.25, 0.3) is 0 Å². The number of esters is 1. The van der Waals surface area contributed by atoms with Crippen molar-refractivity contribution in [3.8, 4) is 5.75 Å². The molecule has 0 unspecified atom stereocenters. The van der Waals surface area contributed by atoms with Crippen molar-refractivity contribution in [2.45, 2.75) is 122 Å². The van der Waals surface area contributed by atoms with Crippen LogP contribution in [0.3, 0.4) is 0 Å². The number of carbonyl (C=O) groups is 2. The number of hydrogen-bond donors (Lipinski definition) is 1. The first kappa shape index (κ1) is 34.0. The maximum atomic E-state index is 13.4. The minimum absolute atomic E-state index is 0.0654. The first-order valence-corrected chi connectivity index (χ1v) is 16.3. The molecular weight excluding hydrogens is 556 g/mol. The fourth-order valence-corrected chi connectivity index (χ4v) is 6.02. The molecule has 1 N–H and O–H groups in total. The van der Waals surface area contributed by atoms with E-state index in [1.54, 1.807) is 12.1 Å². The van der Waals surface area contributed by atoms with Gasteiger partial charge < -0.3 is 24.1 Å². The quantitative estimate of drug-likeness (QED) is 0.133. The summed E-state index contributed by atoms with van der Waals surface area (Å²) in [5.74, 6) is 1.03. The van der Waals surface area contributed by atoms with Gasteiger partial charge in [-0.05, 0) is 48.8 Å². The molecule has 2 heterocycles. The number of ketones is 1. The summed E-state index contributed by atoms with van der Waals surface area (Å²) in [4.78, 5) is 26.1. The summed E-state index contributed by atoms with van der Waals surface area (Å²) in [5, 5.41) is 10.5. The Kier molecular flexibility index (Phi) is 13.6. The number of hydrogen-bond acceptors (Lipinski definition) is 7. The maximum Gasteiger partial charge on any atom is 0.313 e. The van der Waals surface area contributed by atoms with Gasteiger partial charge in [0, 0.05) is 32.1 Å². The molecule has 2 aromatic carbocycles.